The molecular formula is C14H14N2O2S. The Labute approximate surface area is 112 Å². The van der Waals surface area contributed by atoms with E-state index in [0.29, 0.717) is 11.4 Å². The van der Waals surface area contributed by atoms with Gasteiger partial charge in [-0.05, 0) is 31.2 Å². The highest BCUT2D eigenvalue weighted by atomic mass is 32.2. The van der Waals surface area contributed by atoms with Gasteiger partial charge in [0.15, 0.2) is 0 Å². The first-order valence-corrected chi connectivity index (χ1v) is 7.52. The smallest absolute Gasteiger partial charge is 0.243 e. The van der Waals surface area contributed by atoms with Crippen molar-refractivity contribution in [3.63, 3.8) is 0 Å². The highest BCUT2D eigenvalue weighted by Crippen LogP contribution is 2.39. The van der Waals surface area contributed by atoms with Crippen LogP contribution in [-0.2, 0) is 10.0 Å². The molecule has 98 valence electrons. The zero-order valence-corrected chi connectivity index (χ0v) is 11.3. The second kappa shape index (κ2) is 4.43. The fourth-order valence-corrected chi connectivity index (χ4v) is 3.58. The minimum absolute atomic E-state index is 0.118. The minimum atomic E-state index is -3.39. The maximum atomic E-state index is 12.4. The summed E-state index contributed by atoms with van der Waals surface area (Å²) >= 11 is 0. The Kier molecular flexibility index (Phi) is 2.88. The summed E-state index contributed by atoms with van der Waals surface area (Å²) in [6.07, 6.45) is 1.68. The van der Waals surface area contributed by atoms with E-state index in [1.807, 2.05) is 37.3 Å². The van der Waals surface area contributed by atoms with Gasteiger partial charge in [-0.3, -0.25) is 4.98 Å². The van der Waals surface area contributed by atoms with E-state index in [4.69, 9.17) is 0 Å². The summed E-state index contributed by atoms with van der Waals surface area (Å²) < 4.78 is 26.2. The first-order valence-electron chi connectivity index (χ1n) is 6.08. The minimum Gasteiger partial charge on any atom is -0.260 e. The van der Waals surface area contributed by atoms with Crippen LogP contribution >= 0.6 is 0 Å². The second-order valence-corrected chi connectivity index (χ2v) is 6.55. The SMILES string of the molecule is Cc1ccc(S(=O)(=O)N2CC2c2ccccn2)cc1. The molecule has 19 heavy (non-hydrogen) atoms. The van der Waals surface area contributed by atoms with Crippen LogP contribution in [0.3, 0.4) is 0 Å². The molecule has 1 saturated heterocycles. The summed E-state index contributed by atoms with van der Waals surface area (Å²) in [7, 11) is -3.39. The van der Waals surface area contributed by atoms with Crippen LogP contribution in [0.5, 0.6) is 0 Å². The van der Waals surface area contributed by atoms with Crippen molar-refractivity contribution in [3.05, 3.63) is 59.9 Å². The molecule has 0 aliphatic carbocycles. The number of sulfonamides is 1. The van der Waals surface area contributed by atoms with Crippen LogP contribution in [0.1, 0.15) is 17.3 Å². The molecule has 0 amide bonds. The predicted octanol–water partition coefficient (Wildman–Crippen LogP) is 2.14. The van der Waals surface area contributed by atoms with E-state index >= 15 is 0 Å². The molecule has 2 aromatic rings. The normalized spacial score (nSPS) is 22.2. The molecule has 0 radical (unpaired) electrons. The molecule has 2 heterocycles. The maximum Gasteiger partial charge on any atom is 0.243 e. The molecule has 1 aromatic carbocycles. The van der Waals surface area contributed by atoms with Crippen LogP contribution in [0.2, 0.25) is 0 Å². The average Bonchev–Trinajstić information content (AvgIpc) is 3.21. The molecule has 3 rings (SSSR count). The van der Waals surface area contributed by atoms with Gasteiger partial charge in [-0.1, -0.05) is 23.8 Å². The third-order valence-electron chi connectivity index (χ3n) is 3.22. The van der Waals surface area contributed by atoms with Gasteiger partial charge >= 0.3 is 0 Å². The fourth-order valence-electron chi connectivity index (χ4n) is 2.05. The largest absolute Gasteiger partial charge is 0.260 e. The molecule has 0 saturated carbocycles. The summed E-state index contributed by atoms with van der Waals surface area (Å²) in [5, 5.41) is 0. The van der Waals surface area contributed by atoms with Crippen molar-refractivity contribution in [1.82, 2.24) is 9.29 Å². The first kappa shape index (κ1) is 12.3. The summed E-state index contributed by atoms with van der Waals surface area (Å²) in [6.45, 7) is 2.44. The monoisotopic (exact) mass is 274 g/mol. The Morgan fingerprint density at radius 3 is 2.53 bits per heavy atom. The van der Waals surface area contributed by atoms with Crippen LogP contribution in [0.4, 0.5) is 0 Å². The van der Waals surface area contributed by atoms with Crippen LogP contribution < -0.4 is 0 Å². The van der Waals surface area contributed by atoms with E-state index < -0.39 is 10.0 Å². The van der Waals surface area contributed by atoms with E-state index in [1.165, 1.54) is 4.31 Å². The third kappa shape index (κ3) is 2.27. The number of benzene rings is 1. The molecule has 4 nitrogen and oxygen atoms in total. The summed E-state index contributed by atoms with van der Waals surface area (Å²) in [6, 6.07) is 12.4. The molecule has 5 heteroatoms. The molecule has 0 bridgehead atoms. The van der Waals surface area contributed by atoms with Gasteiger partial charge < -0.3 is 0 Å². The average molecular weight is 274 g/mol. The zero-order valence-electron chi connectivity index (χ0n) is 10.5. The topological polar surface area (TPSA) is 50.0 Å². The zero-order chi connectivity index (χ0) is 13.5. The molecule has 1 aliphatic rings. The second-order valence-electron chi connectivity index (χ2n) is 4.66. The van der Waals surface area contributed by atoms with Crippen LogP contribution in [0.25, 0.3) is 0 Å². The van der Waals surface area contributed by atoms with Crippen LogP contribution in [0, 0.1) is 6.92 Å². The molecule has 1 fully saturated rings. The molecule has 1 aliphatic heterocycles. The Morgan fingerprint density at radius 2 is 1.89 bits per heavy atom. The lowest BCUT2D eigenvalue weighted by Crippen LogP contribution is -2.13. The van der Waals surface area contributed by atoms with Gasteiger partial charge in [-0.15, -0.1) is 0 Å². The van der Waals surface area contributed by atoms with Crippen molar-refractivity contribution in [3.8, 4) is 0 Å². The van der Waals surface area contributed by atoms with Crippen molar-refractivity contribution in [2.24, 2.45) is 0 Å². The molecule has 0 spiro atoms. The predicted molar refractivity (Wildman–Crippen MR) is 72.0 cm³/mol. The summed E-state index contributed by atoms with van der Waals surface area (Å²) in [5.74, 6) is 0. The lowest BCUT2D eigenvalue weighted by atomic mass is 10.2. The van der Waals surface area contributed by atoms with Crippen molar-refractivity contribution < 1.29 is 8.42 Å². The number of nitrogens with zero attached hydrogens (tertiary/aromatic N) is 2. The number of aromatic nitrogens is 1. The van der Waals surface area contributed by atoms with Gasteiger partial charge in [-0.2, -0.15) is 4.31 Å². The van der Waals surface area contributed by atoms with Gasteiger partial charge in [0.05, 0.1) is 16.6 Å². The number of hydrogen-bond acceptors (Lipinski definition) is 3. The summed E-state index contributed by atoms with van der Waals surface area (Å²) in [4.78, 5) is 4.55. The van der Waals surface area contributed by atoms with E-state index in [9.17, 15) is 8.42 Å². The fraction of sp³-hybridized carbons (Fsp3) is 0.214. The summed E-state index contributed by atoms with van der Waals surface area (Å²) in [5.41, 5.74) is 1.85. The van der Waals surface area contributed by atoms with Gasteiger partial charge in [0, 0.05) is 12.7 Å². The van der Waals surface area contributed by atoms with Crippen LogP contribution in [0.15, 0.2) is 53.6 Å². The quantitative estimate of drug-likeness (QED) is 0.806. The van der Waals surface area contributed by atoms with Gasteiger partial charge in [0.25, 0.3) is 0 Å². The van der Waals surface area contributed by atoms with Gasteiger partial charge in [-0.25, -0.2) is 8.42 Å². The number of hydrogen-bond donors (Lipinski definition) is 0. The van der Waals surface area contributed by atoms with Crippen molar-refractivity contribution in [2.45, 2.75) is 17.9 Å². The van der Waals surface area contributed by atoms with E-state index in [0.717, 1.165) is 11.3 Å². The Hall–Kier alpha value is -1.72. The first-order chi connectivity index (χ1) is 9.09. The lowest BCUT2D eigenvalue weighted by molar-refractivity contribution is 0.553. The lowest BCUT2D eigenvalue weighted by Gasteiger charge is -2.06. The van der Waals surface area contributed by atoms with Crippen molar-refractivity contribution >= 4 is 10.0 Å². The van der Waals surface area contributed by atoms with Crippen molar-refractivity contribution in [1.29, 1.82) is 0 Å². The number of rotatable bonds is 3. The standard InChI is InChI=1S/C14H14N2O2S/c1-11-5-7-12(8-6-11)19(17,18)16-10-14(16)13-4-2-3-9-15-13/h2-9,14H,10H2,1H3. The highest BCUT2D eigenvalue weighted by Gasteiger charge is 2.46. The van der Waals surface area contributed by atoms with Crippen LogP contribution in [-0.4, -0.2) is 24.3 Å². The van der Waals surface area contributed by atoms with Gasteiger partial charge in [0.2, 0.25) is 10.0 Å². The third-order valence-corrected chi connectivity index (χ3v) is 5.11. The molecule has 2 atom stereocenters. The Bertz CT molecular complexity index is 681. The van der Waals surface area contributed by atoms with Crippen molar-refractivity contribution in [2.75, 3.05) is 6.54 Å². The molecule has 1 aromatic heterocycles. The maximum absolute atomic E-state index is 12.4. The number of pyridine rings is 1. The van der Waals surface area contributed by atoms with E-state index in [-0.39, 0.29) is 6.04 Å². The number of aryl methyl sites for hydroxylation is 1. The highest BCUT2D eigenvalue weighted by molar-refractivity contribution is 7.89. The Morgan fingerprint density at radius 1 is 1.16 bits per heavy atom. The van der Waals surface area contributed by atoms with Gasteiger partial charge in [0.1, 0.15) is 0 Å². The van der Waals surface area contributed by atoms with E-state index in [1.54, 1.807) is 18.3 Å². The Balaban J connectivity index is 1.86. The van der Waals surface area contributed by atoms with E-state index in [2.05, 4.69) is 4.98 Å². The molecule has 2 unspecified atom stereocenters. The molecular weight excluding hydrogens is 260 g/mol. The molecule has 0 N–H and O–H groups in total.